The highest BCUT2D eigenvalue weighted by molar-refractivity contribution is 5.80. The van der Waals surface area contributed by atoms with E-state index in [0.29, 0.717) is 18.6 Å². The number of nitrogens with one attached hydrogen (secondary N) is 3. The molecule has 0 bridgehead atoms. The topological polar surface area (TPSA) is 72.0 Å². The van der Waals surface area contributed by atoms with Crippen LogP contribution in [0.15, 0.2) is 4.99 Å². The van der Waals surface area contributed by atoms with Crippen LogP contribution in [0.25, 0.3) is 0 Å². The van der Waals surface area contributed by atoms with Crippen LogP contribution in [0.5, 0.6) is 0 Å². The summed E-state index contributed by atoms with van der Waals surface area (Å²) in [5, 5.41) is 10.1. The predicted octanol–water partition coefficient (Wildman–Crippen LogP) is 2.58. The Hall–Kier alpha value is -1.34. The predicted molar refractivity (Wildman–Crippen MR) is 133 cm³/mol. The molecule has 1 atom stereocenters. The van der Waals surface area contributed by atoms with Gasteiger partial charge in [0.05, 0.1) is 13.1 Å². The molecule has 3 aliphatic rings. The normalized spacial score (nSPS) is 24.6. The van der Waals surface area contributed by atoms with Crippen LogP contribution in [-0.4, -0.2) is 86.1 Å². The van der Waals surface area contributed by atoms with Crippen LogP contribution in [0.3, 0.4) is 0 Å². The van der Waals surface area contributed by atoms with Gasteiger partial charge in [0.1, 0.15) is 0 Å². The van der Waals surface area contributed by atoms with Crippen molar-refractivity contribution in [1.82, 2.24) is 25.8 Å². The van der Waals surface area contributed by atoms with Crippen LogP contribution >= 0.6 is 0 Å². The van der Waals surface area contributed by atoms with E-state index in [9.17, 15) is 4.79 Å². The van der Waals surface area contributed by atoms with E-state index in [4.69, 9.17) is 4.99 Å². The quantitative estimate of drug-likeness (QED) is 0.354. The molecule has 0 aromatic rings. The molecule has 1 amide bonds. The smallest absolute Gasteiger partial charge is 0.234 e. The number of likely N-dealkylation sites (tertiary alicyclic amines) is 2. The van der Waals surface area contributed by atoms with Gasteiger partial charge in [-0.15, -0.1) is 0 Å². The molecule has 2 saturated heterocycles. The van der Waals surface area contributed by atoms with Crippen LogP contribution in [-0.2, 0) is 4.79 Å². The maximum atomic E-state index is 12.0. The van der Waals surface area contributed by atoms with Gasteiger partial charge in [-0.1, -0.05) is 26.2 Å². The lowest BCUT2D eigenvalue weighted by Crippen LogP contribution is -2.50. The number of nitrogens with zero attached hydrogens (tertiary/aromatic N) is 3. The number of hydrogen-bond acceptors (Lipinski definition) is 4. The Kier molecular flexibility index (Phi) is 11.1. The lowest BCUT2D eigenvalue weighted by Gasteiger charge is -2.33. The summed E-state index contributed by atoms with van der Waals surface area (Å²) >= 11 is 0. The Morgan fingerprint density at radius 2 is 1.72 bits per heavy atom. The summed E-state index contributed by atoms with van der Waals surface area (Å²) in [7, 11) is 0. The molecule has 2 aliphatic heterocycles. The van der Waals surface area contributed by atoms with E-state index >= 15 is 0 Å². The number of guanidine groups is 1. The number of carbonyl (C=O) groups is 1. The van der Waals surface area contributed by atoms with Crippen molar-refractivity contribution >= 4 is 11.9 Å². The minimum Gasteiger partial charge on any atom is -0.357 e. The molecule has 1 saturated carbocycles. The van der Waals surface area contributed by atoms with Gasteiger partial charge in [-0.2, -0.15) is 0 Å². The van der Waals surface area contributed by atoms with Crippen LogP contribution < -0.4 is 16.0 Å². The minimum atomic E-state index is 0.155. The molecule has 7 nitrogen and oxygen atoms in total. The van der Waals surface area contributed by atoms with E-state index in [1.807, 2.05) is 0 Å². The fourth-order valence-electron chi connectivity index (χ4n) is 5.51. The van der Waals surface area contributed by atoms with E-state index in [0.717, 1.165) is 63.9 Å². The van der Waals surface area contributed by atoms with E-state index in [2.05, 4.69) is 39.6 Å². The Morgan fingerprint density at radius 3 is 2.44 bits per heavy atom. The molecule has 7 heteroatoms. The second-order valence-corrected chi connectivity index (χ2v) is 10.1. The number of aliphatic imine (C=N–C) groups is 1. The van der Waals surface area contributed by atoms with Crippen molar-refractivity contribution in [2.45, 2.75) is 90.1 Å². The molecule has 3 fully saturated rings. The molecule has 0 aromatic heterocycles. The zero-order valence-corrected chi connectivity index (χ0v) is 20.7. The van der Waals surface area contributed by atoms with Gasteiger partial charge in [0.15, 0.2) is 5.96 Å². The van der Waals surface area contributed by atoms with Gasteiger partial charge in [-0.05, 0) is 64.3 Å². The first-order valence-electron chi connectivity index (χ1n) is 13.5. The van der Waals surface area contributed by atoms with E-state index in [1.54, 1.807) is 0 Å². The molecule has 3 rings (SSSR count). The van der Waals surface area contributed by atoms with Crippen LogP contribution in [0, 0.1) is 5.92 Å². The second-order valence-electron chi connectivity index (χ2n) is 10.1. The van der Waals surface area contributed by atoms with E-state index in [1.165, 1.54) is 58.0 Å². The fraction of sp³-hybridized carbons (Fsp3) is 0.920. The van der Waals surface area contributed by atoms with Crippen molar-refractivity contribution < 1.29 is 4.79 Å². The molecule has 0 spiro atoms. The molecule has 0 aromatic carbocycles. The zero-order chi connectivity index (χ0) is 22.6. The van der Waals surface area contributed by atoms with Gasteiger partial charge in [0.25, 0.3) is 0 Å². The van der Waals surface area contributed by atoms with Crippen molar-refractivity contribution in [2.75, 3.05) is 52.4 Å². The summed E-state index contributed by atoms with van der Waals surface area (Å²) in [6.45, 7) is 11.8. The first-order valence-corrected chi connectivity index (χ1v) is 13.5. The highest BCUT2D eigenvalue weighted by Crippen LogP contribution is 2.27. The molecule has 1 aliphatic carbocycles. The lowest BCUT2D eigenvalue weighted by molar-refractivity contribution is -0.122. The molecular weight excluding hydrogens is 400 g/mol. The molecular formula is C25H48N6O. The van der Waals surface area contributed by atoms with Crippen LogP contribution in [0.4, 0.5) is 0 Å². The van der Waals surface area contributed by atoms with Gasteiger partial charge in [0, 0.05) is 44.8 Å². The number of amides is 1. The molecule has 0 radical (unpaired) electrons. The average Bonchev–Trinajstić information content (AvgIpc) is 3.25. The second kappa shape index (κ2) is 14.0. The third kappa shape index (κ3) is 8.54. The van der Waals surface area contributed by atoms with Gasteiger partial charge >= 0.3 is 0 Å². The fourth-order valence-corrected chi connectivity index (χ4v) is 5.51. The maximum Gasteiger partial charge on any atom is 0.234 e. The number of hydrogen-bond donors (Lipinski definition) is 3. The summed E-state index contributed by atoms with van der Waals surface area (Å²) in [5.74, 6) is 2.03. The zero-order valence-electron chi connectivity index (χ0n) is 20.7. The average molecular weight is 449 g/mol. The number of piperidine rings is 1. The first-order chi connectivity index (χ1) is 15.7. The third-order valence-electron chi connectivity index (χ3n) is 7.39. The number of rotatable bonds is 10. The molecule has 184 valence electrons. The molecule has 2 heterocycles. The Morgan fingerprint density at radius 1 is 0.938 bits per heavy atom. The highest BCUT2D eigenvalue weighted by Gasteiger charge is 2.27. The molecule has 32 heavy (non-hydrogen) atoms. The maximum absolute atomic E-state index is 12.0. The van der Waals surface area contributed by atoms with Gasteiger partial charge in [-0.25, -0.2) is 0 Å². The third-order valence-corrected chi connectivity index (χ3v) is 7.39. The van der Waals surface area contributed by atoms with Crippen molar-refractivity contribution in [1.29, 1.82) is 0 Å². The number of carbonyl (C=O) groups excluding carboxylic acids is 1. The van der Waals surface area contributed by atoms with E-state index in [-0.39, 0.29) is 5.91 Å². The van der Waals surface area contributed by atoms with Crippen molar-refractivity contribution in [2.24, 2.45) is 10.9 Å². The first kappa shape index (κ1) is 25.3. The SMILES string of the molecule is CCCNC(=O)CN1CCC(NC(=NCC2CCCN2CC2CCCCC2)NCC)CC1. The Labute approximate surface area is 196 Å². The Bertz CT molecular complexity index is 569. The van der Waals surface area contributed by atoms with Crippen LogP contribution in [0.1, 0.15) is 78.1 Å². The van der Waals surface area contributed by atoms with Gasteiger partial charge < -0.3 is 16.0 Å². The van der Waals surface area contributed by atoms with Gasteiger partial charge in [0.2, 0.25) is 5.91 Å². The van der Waals surface area contributed by atoms with Crippen molar-refractivity contribution in [3.05, 3.63) is 0 Å². The summed E-state index contributed by atoms with van der Waals surface area (Å²) in [6, 6.07) is 1.04. The summed E-state index contributed by atoms with van der Waals surface area (Å²) in [5.41, 5.74) is 0. The highest BCUT2D eigenvalue weighted by atomic mass is 16.2. The van der Waals surface area contributed by atoms with Gasteiger partial charge in [-0.3, -0.25) is 19.6 Å². The summed E-state index contributed by atoms with van der Waals surface area (Å²) in [6.07, 6.45) is 12.9. The standard InChI is InChI=1S/C25H48N6O/c1-3-14-27-24(32)20-30-16-12-22(13-17-30)29-25(26-4-2)28-18-23-11-8-15-31(23)19-21-9-6-5-7-10-21/h21-23H,3-20H2,1-2H3,(H,27,32)(H2,26,28,29). The lowest BCUT2D eigenvalue weighted by atomic mass is 9.89. The Balaban J connectivity index is 1.42. The molecule has 3 N–H and O–H groups in total. The van der Waals surface area contributed by atoms with Crippen molar-refractivity contribution in [3.8, 4) is 0 Å². The summed E-state index contributed by atoms with van der Waals surface area (Å²) < 4.78 is 0. The summed E-state index contributed by atoms with van der Waals surface area (Å²) in [4.78, 5) is 22.0. The minimum absolute atomic E-state index is 0.155. The molecule has 1 unspecified atom stereocenters. The van der Waals surface area contributed by atoms with Crippen molar-refractivity contribution in [3.63, 3.8) is 0 Å². The van der Waals surface area contributed by atoms with E-state index < -0.39 is 0 Å². The van der Waals surface area contributed by atoms with Crippen LogP contribution in [0.2, 0.25) is 0 Å². The largest absolute Gasteiger partial charge is 0.357 e. The monoisotopic (exact) mass is 448 g/mol.